The third-order valence-electron chi connectivity index (χ3n) is 3.10. The van der Waals surface area contributed by atoms with E-state index < -0.39 is 17.7 Å². The van der Waals surface area contributed by atoms with Crippen LogP contribution >= 0.6 is 11.3 Å². The van der Waals surface area contributed by atoms with Crippen molar-refractivity contribution in [3.63, 3.8) is 0 Å². The molecule has 1 aliphatic heterocycles. The van der Waals surface area contributed by atoms with Gasteiger partial charge < -0.3 is 14.8 Å². The number of anilines is 1. The van der Waals surface area contributed by atoms with Gasteiger partial charge in [0.2, 0.25) is 0 Å². The second-order valence-corrected chi connectivity index (χ2v) is 6.28. The fourth-order valence-electron chi connectivity index (χ4n) is 2.01. The van der Waals surface area contributed by atoms with Gasteiger partial charge in [-0.25, -0.2) is 19.0 Å². The largest absolute Gasteiger partial charge is 0.419 e. The van der Waals surface area contributed by atoms with Gasteiger partial charge in [-0.3, -0.25) is 0 Å². The zero-order valence-corrected chi connectivity index (χ0v) is 13.6. The third-order valence-corrected chi connectivity index (χ3v) is 3.87. The van der Waals surface area contributed by atoms with Crippen LogP contribution in [0.3, 0.4) is 0 Å². The van der Waals surface area contributed by atoms with Crippen molar-refractivity contribution in [3.05, 3.63) is 47.2 Å². The lowest BCUT2D eigenvalue weighted by atomic mass is 10.2. The Bertz CT molecular complexity index is 805. The molecule has 1 aliphatic rings. The predicted octanol–water partition coefficient (Wildman–Crippen LogP) is 3.08. The Labute approximate surface area is 140 Å². The summed E-state index contributed by atoms with van der Waals surface area (Å²) in [6.07, 6.45) is 1.20. The van der Waals surface area contributed by atoms with Gasteiger partial charge in [-0.2, -0.15) is 0 Å². The van der Waals surface area contributed by atoms with E-state index >= 15 is 0 Å². The quantitative estimate of drug-likeness (QED) is 0.522. The molecule has 124 valence electrons. The van der Waals surface area contributed by atoms with Crippen LogP contribution in [0.15, 0.2) is 41.4 Å². The van der Waals surface area contributed by atoms with Crippen molar-refractivity contribution >= 4 is 28.4 Å². The predicted molar refractivity (Wildman–Crippen MR) is 85.5 cm³/mol. The number of benzene rings is 1. The first-order valence-corrected chi connectivity index (χ1v) is 7.87. The molecule has 0 aliphatic carbocycles. The highest BCUT2D eigenvalue weighted by atomic mass is 32.1. The highest BCUT2D eigenvalue weighted by molar-refractivity contribution is 7.14. The summed E-state index contributed by atoms with van der Waals surface area (Å²) < 4.78 is 22.9. The van der Waals surface area contributed by atoms with E-state index in [1.54, 1.807) is 17.5 Å². The lowest BCUT2D eigenvalue weighted by Crippen LogP contribution is -2.42. The van der Waals surface area contributed by atoms with Crippen LogP contribution in [0.1, 0.15) is 13.8 Å². The summed E-state index contributed by atoms with van der Waals surface area (Å²) in [5.41, 5.74) is 1.16. The van der Waals surface area contributed by atoms with Crippen LogP contribution < -0.4 is 5.32 Å². The molecule has 0 radical (unpaired) electrons. The van der Waals surface area contributed by atoms with E-state index in [1.807, 2.05) is 0 Å². The minimum absolute atomic E-state index is 0.243. The van der Waals surface area contributed by atoms with Crippen molar-refractivity contribution in [2.75, 3.05) is 5.32 Å². The molecule has 2 aromatic rings. The van der Waals surface area contributed by atoms with Gasteiger partial charge in [0.05, 0.1) is 5.69 Å². The average molecular weight is 348 g/mol. The Morgan fingerprint density at radius 2 is 1.79 bits per heavy atom. The van der Waals surface area contributed by atoms with Crippen LogP contribution in [0.4, 0.5) is 9.52 Å². The van der Waals surface area contributed by atoms with E-state index in [0.717, 1.165) is 5.56 Å². The zero-order valence-electron chi connectivity index (χ0n) is 12.8. The molecule has 6 nitrogen and oxygen atoms in total. The summed E-state index contributed by atoms with van der Waals surface area (Å²) in [7, 11) is 0. The molecule has 1 N–H and O–H groups in total. The van der Waals surface area contributed by atoms with Gasteiger partial charge in [0, 0.05) is 31.0 Å². The van der Waals surface area contributed by atoms with Crippen LogP contribution in [-0.2, 0) is 19.1 Å². The highest BCUT2D eigenvalue weighted by Gasteiger charge is 2.38. The van der Waals surface area contributed by atoms with Gasteiger partial charge in [0.25, 0.3) is 5.79 Å². The average Bonchev–Trinajstić information content (AvgIpc) is 2.95. The Morgan fingerprint density at radius 3 is 2.42 bits per heavy atom. The van der Waals surface area contributed by atoms with Crippen LogP contribution in [0.25, 0.3) is 11.3 Å². The molecule has 3 rings (SSSR count). The second-order valence-electron chi connectivity index (χ2n) is 5.43. The summed E-state index contributed by atoms with van der Waals surface area (Å²) in [5, 5.41) is 5.01. The molecule has 0 spiro atoms. The molecular weight excluding hydrogens is 335 g/mol. The van der Waals surface area contributed by atoms with E-state index in [-0.39, 0.29) is 11.4 Å². The van der Waals surface area contributed by atoms with Gasteiger partial charge in [-0.15, -0.1) is 11.3 Å². The van der Waals surface area contributed by atoms with E-state index in [9.17, 15) is 14.0 Å². The molecule has 0 bridgehead atoms. The molecule has 0 atom stereocenters. The van der Waals surface area contributed by atoms with Gasteiger partial charge in [0.15, 0.2) is 10.7 Å². The molecule has 1 fully saturated rings. The van der Waals surface area contributed by atoms with Gasteiger partial charge in [0.1, 0.15) is 5.82 Å². The molecule has 1 aromatic heterocycles. The minimum atomic E-state index is -1.28. The number of hydrogen-bond donors (Lipinski definition) is 1. The monoisotopic (exact) mass is 348 g/mol. The van der Waals surface area contributed by atoms with Crippen molar-refractivity contribution in [3.8, 4) is 11.3 Å². The van der Waals surface area contributed by atoms with E-state index in [1.165, 1.54) is 43.5 Å². The molecule has 24 heavy (non-hydrogen) atoms. The maximum absolute atomic E-state index is 12.9. The summed E-state index contributed by atoms with van der Waals surface area (Å²) >= 11 is 1.27. The molecule has 0 saturated carbocycles. The number of rotatable bonds is 3. The summed E-state index contributed by atoms with van der Waals surface area (Å²) in [6.45, 7) is 2.95. The number of carbonyl (C=O) groups is 2. The smallest absolute Gasteiger partial charge is 0.350 e. The maximum Gasteiger partial charge on any atom is 0.350 e. The second kappa shape index (κ2) is 6.04. The molecule has 1 aromatic carbocycles. The number of nitrogens with one attached hydrogen (secondary N) is 1. The lowest BCUT2D eigenvalue weighted by Gasteiger charge is -2.29. The standard InChI is InChI=1S/C16H13FN2O4S/c1-16(2)22-13(20)11(14(21)23-16)7-18-15-19-12(8-24-15)9-3-5-10(17)6-4-9/h3-8H,1-2H3,(H,18,19). The molecular formula is C16H13FN2O4S. The van der Waals surface area contributed by atoms with E-state index in [0.29, 0.717) is 10.8 Å². The van der Waals surface area contributed by atoms with Crippen molar-refractivity contribution in [2.24, 2.45) is 0 Å². The van der Waals surface area contributed by atoms with E-state index in [4.69, 9.17) is 9.47 Å². The fourth-order valence-corrected chi connectivity index (χ4v) is 2.70. The van der Waals surface area contributed by atoms with Gasteiger partial charge >= 0.3 is 11.9 Å². The minimum Gasteiger partial charge on any atom is -0.419 e. The van der Waals surface area contributed by atoms with Crippen molar-refractivity contribution in [1.29, 1.82) is 0 Å². The Kier molecular flexibility index (Phi) is 4.06. The number of aromatic nitrogens is 1. The normalized spacial score (nSPS) is 16.4. The number of thiazole rings is 1. The van der Waals surface area contributed by atoms with Crippen LogP contribution in [0.2, 0.25) is 0 Å². The first-order chi connectivity index (χ1) is 11.3. The molecule has 2 heterocycles. The molecule has 8 heteroatoms. The summed E-state index contributed by atoms with van der Waals surface area (Å²) in [5.74, 6) is -3.13. The number of ether oxygens (including phenoxy) is 2. The molecule has 1 saturated heterocycles. The number of hydrogen-bond acceptors (Lipinski definition) is 7. The number of halogens is 1. The van der Waals surface area contributed by atoms with Crippen molar-refractivity contribution < 1.29 is 23.5 Å². The first-order valence-electron chi connectivity index (χ1n) is 6.99. The maximum atomic E-state index is 12.9. The van der Waals surface area contributed by atoms with Crippen LogP contribution in [0, 0.1) is 5.82 Å². The van der Waals surface area contributed by atoms with Crippen LogP contribution in [-0.4, -0.2) is 22.7 Å². The zero-order chi connectivity index (χ0) is 17.3. The summed E-state index contributed by atoms with van der Waals surface area (Å²) in [4.78, 5) is 27.9. The number of nitrogens with zero attached hydrogens (tertiary/aromatic N) is 1. The summed E-state index contributed by atoms with van der Waals surface area (Å²) in [6, 6.07) is 5.92. The Morgan fingerprint density at radius 1 is 1.17 bits per heavy atom. The van der Waals surface area contributed by atoms with Crippen molar-refractivity contribution in [1.82, 2.24) is 4.98 Å². The van der Waals surface area contributed by atoms with Crippen molar-refractivity contribution in [2.45, 2.75) is 19.6 Å². The van der Waals surface area contributed by atoms with E-state index in [2.05, 4.69) is 10.3 Å². The first kappa shape index (κ1) is 16.1. The molecule has 0 unspecified atom stereocenters. The Balaban J connectivity index is 1.74. The SMILES string of the molecule is CC1(C)OC(=O)C(=CNc2nc(-c3ccc(F)cc3)cs2)C(=O)O1. The Hall–Kier alpha value is -2.74. The molecule has 0 amide bonds. The number of cyclic esters (lactones) is 2. The number of esters is 2. The van der Waals surface area contributed by atoms with Gasteiger partial charge in [-0.1, -0.05) is 0 Å². The third kappa shape index (κ3) is 3.43. The van der Waals surface area contributed by atoms with Gasteiger partial charge in [-0.05, 0) is 24.3 Å². The fraction of sp³-hybridized carbons (Fsp3) is 0.188. The van der Waals surface area contributed by atoms with Crippen LogP contribution in [0.5, 0.6) is 0 Å². The lowest BCUT2D eigenvalue weighted by molar-refractivity contribution is -0.222. The number of carbonyl (C=O) groups excluding carboxylic acids is 2. The topological polar surface area (TPSA) is 77.5 Å². The highest BCUT2D eigenvalue weighted by Crippen LogP contribution is 2.26.